The van der Waals surface area contributed by atoms with Gasteiger partial charge in [-0.2, -0.15) is 5.10 Å². The lowest BCUT2D eigenvalue weighted by molar-refractivity contribution is 0.669. The largest absolute Gasteiger partial charge is 0.253 e. The Balaban J connectivity index is 1.94. The lowest BCUT2D eigenvalue weighted by Crippen LogP contribution is -2.01. The van der Waals surface area contributed by atoms with Gasteiger partial charge in [0.25, 0.3) is 0 Å². The van der Waals surface area contributed by atoms with Crippen molar-refractivity contribution in [3.63, 3.8) is 0 Å². The maximum Gasteiger partial charge on any atom is 0.138 e. The molecule has 0 spiro atoms. The van der Waals surface area contributed by atoms with Crippen LogP contribution in [0.1, 0.15) is 22.6 Å². The molecule has 1 heterocycles. The molecule has 3 nitrogen and oxygen atoms in total. The van der Waals surface area contributed by atoms with Crippen LogP contribution in [0.25, 0.3) is 0 Å². The van der Waals surface area contributed by atoms with Gasteiger partial charge in [-0.3, -0.25) is 4.68 Å². The standard InChI is InChI=1S/C12H14BrN3/c1-16-12(14-9-15-16)8-7-11(13)10-5-3-2-4-6-10/h2-6,9,11H,7-8H2,1H3. The molecule has 0 bridgehead atoms. The summed E-state index contributed by atoms with van der Waals surface area (Å²) in [6.45, 7) is 0. The average Bonchev–Trinajstić information content (AvgIpc) is 2.73. The Bertz CT molecular complexity index is 439. The second kappa shape index (κ2) is 5.25. The monoisotopic (exact) mass is 279 g/mol. The lowest BCUT2D eigenvalue weighted by Gasteiger charge is -2.09. The first-order valence-electron chi connectivity index (χ1n) is 5.29. The minimum atomic E-state index is 0.380. The molecule has 1 unspecified atom stereocenters. The molecule has 84 valence electrons. The molecule has 2 rings (SSSR count). The molecule has 0 fully saturated rings. The number of rotatable bonds is 4. The molecule has 4 heteroatoms. The summed E-state index contributed by atoms with van der Waals surface area (Å²) in [6.07, 6.45) is 3.55. The van der Waals surface area contributed by atoms with Crippen LogP contribution in [0, 0.1) is 0 Å². The minimum Gasteiger partial charge on any atom is -0.253 e. The molecule has 2 aromatic rings. The van der Waals surface area contributed by atoms with Gasteiger partial charge in [0, 0.05) is 18.3 Å². The van der Waals surface area contributed by atoms with Gasteiger partial charge >= 0.3 is 0 Å². The van der Waals surface area contributed by atoms with E-state index in [4.69, 9.17) is 0 Å². The first-order valence-corrected chi connectivity index (χ1v) is 6.21. The van der Waals surface area contributed by atoms with Crippen molar-refractivity contribution in [3.8, 4) is 0 Å². The van der Waals surface area contributed by atoms with Gasteiger partial charge in [-0.15, -0.1) is 0 Å². The predicted octanol–water partition coefficient (Wildman–Crippen LogP) is 2.88. The highest BCUT2D eigenvalue weighted by atomic mass is 79.9. The summed E-state index contributed by atoms with van der Waals surface area (Å²) < 4.78 is 1.82. The van der Waals surface area contributed by atoms with Gasteiger partial charge in [-0.1, -0.05) is 46.3 Å². The molecule has 0 saturated carbocycles. The molecule has 1 aromatic heterocycles. The van der Waals surface area contributed by atoms with Crippen molar-refractivity contribution in [3.05, 3.63) is 48.0 Å². The predicted molar refractivity (Wildman–Crippen MR) is 67.4 cm³/mol. The normalized spacial score (nSPS) is 12.6. The SMILES string of the molecule is Cn1ncnc1CCC(Br)c1ccccc1. The third kappa shape index (κ3) is 2.70. The molecule has 0 saturated heterocycles. The van der Waals surface area contributed by atoms with Crippen LogP contribution in [0.2, 0.25) is 0 Å². The van der Waals surface area contributed by atoms with E-state index in [0.29, 0.717) is 4.83 Å². The number of hydrogen-bond acceptors (Lipinski definition) is 2. The molecule has 1 atom stereocenters. The molecule has 0 amide bonds. The highest BCUT2D eigenvalue weighted by Gasteiger charge is 2.08. The number of halogens is 1. The Morgan fingerprint density at radius 2 is 2.06 bits per heavy atom. The summed E-state index contributed by atoms with van der Waals surface area (Å²) >= 11 is 3.70. The minimum absolute atomic E-state index is 0.380. The van der Waals surface area contributed by atoms with Crippen LogP contribution in [0.5, 0.6) is 0 Å². The zero-order valence-electron chi connectivity index (χ0n) is 9.18. The first kappa shape index (κ1) is 11.3. The summed E-state index contributed by atoms with van der Waals surface area (Å²) in [6, 6.07) is 10.4. The van der Waals surface area contributed by atoms with Crippen LogP contribution in [-0.2, 0) is 13.5 Å². The Labute approximate surface area is 104 Å². The fraction of sp³-hybridized carbons (Fsp3) is 0.333. The van der Waals surface area contributed by atoms with Crippen molar-refractivity contribution in [1.82, 2.24) is 14.8 Å². The number of hydrogen-bond donors (Lipinski definition) is 0. The Hall–Kier alpha value is -1.16. The van der Waals surface area contributed by atoms with Crippen molar-refractivity contribution in [2.45, 2.75) is 17.7 Å². The van der Waals surface area contributed by atoms with E-state index in [9.17, 15) is 0 Å². The van der Waals surface area contributed by atoms with Crippen molar-refractivity contribution < 1.29 is 0 Å². The van der Waals surface area contributed by atoms with Crippen LogP contribution in [0.3, 0.4) is 0 Å². The fourth-order valence-electron chi connectivity index (χ4n) is 1.63. The fourth-order valence-corrected chi connectivity index (χ4v) is 2.16. The van der Waals surface area contributed by atoms with Gasteiger partial charge in [0.1, 0.15) is 12.2 Å². The summed E-state index contributed by atoms with van der Waals surface area (Å²) in [5.41, 5.74) is 1.31. The third-order valence-electron chi connectivity index (χ3n) is 2.59. The van der Waals surface area contributed by atoms with E-state index in [0.717, 1.165) is 18.7 Å². The van der Waals surface area contributed by atoms with Gasteiger partial charge in [0.2, 0.25) is 0 Å². The highest BCUT2D eigenvalue weighted by Crippen LogP contribution is 2.27. The van der Waals surface area contributed by atoms with Gasteiger partial charge in [0.05, 0.1) is 0 Å². The molecule has 0 aliphatic heterocycles. The van der Waals surface area contributed by atoms with Crippen molar-refractivity contribution in [1.29, 1.82) is 0 Å². The maximum absolute atomic E-state index is 4.21. The average molecular weight is 280 g/mol. The van der Waals surface area contributed by atoms with Crippen molar-refractivity contribution >= 4 is 15.9 Å². The molecular formula is C12H14BrN3. The van der Waals surface area contributed by atoms with Crippen LogP contribution < -0.4 is 0 Å². The zero-order chi connectivity index (χ0) is 11.4. The van der Waals surface area contributed by atoms with E-state index in [-0.39, 0.29) is 0 Å². The number of nitrogens with zero attached hydrogens (tertiary/aromatic N) is 3. The Morgan fingerprint density at radius 1 is 1.31 bits per heavy atom. The molecule has 0 aliphatic rings. The summed E-state index contributed by atoms with van der Waals surface area (Å²) in [5, 5.41) is 4.06. The smallest absolute Gasteiger partial charge is 0.138 e. The number of aromatic nitrogens is 3. The summed E-state index contributed by atoms with van der Waals surface area (Å²) in [4.78, 5) is 4.59. The number of alkyl halides is 1. The molecular weight excluding hydrogens is 266 g/mol. The number of aryl methyl sites for hydroxylation is 2. The molecule has 0 radical (unpaired) electrons. The van der Waals surface area contributed by atoms with Crippen LogP contribution in [0.15, 0.2) is 36.7 Å². The van der Waals surface area contributed by atoms with Crippen molar-refractivity contribution in [2.24, 2.45) is 7.05 Å². The molecule has 1 aromatic carbocycles. The second-order valence-corrected chi connectivity index (χ2v) is 4.82. The quantitative estimate of drug-likeness (QED) is 0.806. The number of benzene rings is 1. The van der Waals surface area contributed by atoms with Gasteiger partial charge in [0.15, 0.2) is 0 Å². The van der Waals surface area contributed by atoms with Gasteiger partial charge in [-0.05, 0) is 12.0 Å². The first-order chi connectivity index (χ1) is 7.77. The topological polar surface area (TPSA) is 30.7 Å². The Kier molecular flexibility index (Phi) is 3.72. The summed E-state index contributed by atoms with van der Waals surface area (Å²) in [5.74, 6) is 1.03. The van der Waals surface area contributed by atoms with E-state index in [1.807, 2.05) is 17.8 Å². The van der Waals surface area contributed by atoms with E-state index in [1.54, 1.807) is 6.33 Å². The van der Waals surface area contributed by atoms with Crippen LogP contribution >= 0.6 is 15.9 Å². The second-order valence-electron chi connectivity index (χ2n) is 3.72. The van der Waals surface area contributed by atoms with E-state index >= 15 is 0 Å². The van der Waals surface area contributed by atoms with Crippen LogP contribution in [0.4, 0.5) is 0 Å². The van der Waals surface area contributed by atoms with Gasteiger partial charge in [-0.25, -0.2) is 4.98 Å². The van der Waals surface area contributed by atoms with E-state index in [1.165, 1.54) is 5.56 Å². The maximum atomic E-state index is 4.21. The lowest BCUT2D eigenvalue weighted by atomic mass is 10.1. The van der Waals surface area contributed by atoms with E-state index in [2.05, 4.69) is 50.3 Å². The van der Waals surface area contributed by atoms with Gasteiger partial charge < -0.3 is 0 Å². The Morgan fingerprint density at radius 3 is 2.69 bits per heavy atom. The zero-order valence-corrected chi connectivity index (χ0v) is 10.8. The van der Waals surface area contributed by atoms with Crippen molar-refractivity contribution in [2.75, 3.05) is 0 Å². The molecule has 0 N–H and O–H groups in total. The van der Waals surface area contributed by atoms with Crippen LogP contribution in [-0.4, -0.2) is 14.8 Å². The van der Waals surface area contributed by atoms with E-state index < -0.39 is 0 Å². The molecule has 16 heavy (non-hydrogen) atoms. The highest BCUT2D eigenvalue weighted by molar-refractivity contribution is 9.09. The summed E-state index contributed by atoms with van der Waals surface area (Å²) in [7, 11) is 1.92. The third-order valence-corrected chi connectivity index (χ3v) is 3.57. The molecule has 0 aliphatic carbocycles.